The van der Waals surface area contributed by atoms with Gasteiger partial charge in [-0.25, -0.2) is 14.4 Å². The van der Waals surface area contributed by atoms with Gasteiger partial charge in [-0.05, 0) is 48.0 Å². The number of carbonyl (C=O) groups excluding carboxylic acids is 4. The standard InChI is InChI=1S/C17H30N2O7/c1-16(2,3)25-14(22)18-10-11(20)8-9-12(13(21)24-7)19-15(23)26-17(4,5)6/h12H,8-10H2,1-7H3,(H,18,22)(H,19,23)/t12-/m0/s1. The van der Waals surface area contributed by atoms with E-state index < -0.39 is 35.4 Å². The van der Waals surface area contributed by atoms with Gasteiger partial charge in [0.1, 0.15) is 17.2 Å². The third kappa shape index (κ3) is 12.1. The fourth-order valence-electron chi connectivity index (χ4n) is 1.72. The third-order valence-corrected chi connectivity index (χ3v) is 2.72. The maximum absolute atomic E-state index is 11.9. The SMILES string of the molecule is COC(=O)[C@H](CCC(=O)CNC(=O)OC(C)(C)C)NC(=O)OC(C)(C)C. The monoisotopic (exact) mass is 374 g/mol. The molecule has 0 bridgehead atoms. The van der Waals surface area contributed by atoms with E-state index in [1.165, 1.54) is 7.11 Å². The summed E-state index contributed by atoms with van der Waals surface area (Å²) in [6.45, 7) is 9.94. The smallest absolute Gasteiger partial charge is 0.408 e. The third-order valence-electron chi connectivity index (χ3n) is 2.72. The van der Waals surface area contributed by atoms with Crippen LogP contribution in [0.4, 0.5) is 9.59 Å². The summed E-state index contributed by atoms with van der Waals surface area (Å²) in [4.78, 5) is 46.9. The lowest BCUT2D eigenvalue weighted by Crippen LogP contribution is -2.44. The Balaban J connectivity index is 4.48. The molecule has 0 fully saturated rings. The minimum atomic E-state index is -1.03. The van der Waals surface area contributed by atoms with Crippen molar-refractivity contribution in [1.29, 1.82) is 0 Å². The number of methoxy groups -OCH3 is 1. The summed E-state index contributed by atoms with van der Waals surface area (Å²) in [7, 11) is 1.18. The zero-order chi connectivity index (χ0) is 20.5. The van der Waals surface area contributed by atoms with Crippen LogP contribution in [0.25, 0.3) is 0 Å². The van der Waals surface area contributed by atoms with Crippen LogP contribution in [0.2, 0.25) is 0 Å². The topological polar surface area (TPSA) is 120 Å². The van der Waals surface area contributed by atoms with Crippen LogP contribution in [0.15, 0.2) is 0 Å². The molecule has 0 rings (SSSR count). The fourth-order valence-corrected chi connectivity index (χ4v) is 1.72. The molecule has 0 heterocycles. The van der Waals surface area contributed by atoms with Crippen LogP contribution in [-0.2, 0) is 23.8 Å². The van der Waals surface area contributed by atoms with Crippen LogP contribution in [0, 0.1) is 0 Å². The van der Waals surface area contributed by atoms with Crippen molar-refractivity contribution in [2.24, 2.45) is 0 Å². The molecule has 150 valence electrons. The molecule has 0 aliphatic rings. The van der Waals surface area contributed by atoms with Crippen LogP contribution in [0.3, 0.4) is 0 Å². The second-order valence-corrected chi connectivity index (χ2v) is 7.65. The largest absolute Gasteiger partial charge is 0.467 e. The molecular weight excluding hydrogens is 344 g/mol. The van der Waals surface area contributed by atoms with Crippen molar-refractivity contribution >= 4 is 23.9 Å². The number of ketones is 1. The van der Waals surface area contributed by atoms with Crippen molar-refractivity contribution in [3.05, 3.63) is 0 Å². The molecule has 0 unspecified atom stereocenters. The van der Waals surface area contributed by atoms with E-state index in [0.29, 0.717) is 0 Å². The van der Waals surface area contributed by atoms with Crippen molar-refractivity contribution in [3.8, 4) is 0 Å². The highest BCUT2D eigenvalue weighted by atomic mass is 16.6. The molecule has 9 heteroatoms. The van der Waals surface area contributed by atoms with Crippen LogP contribution < -0.4 is 10.6 Å². The Bertz CT molecular complexity index is 518. The average Bonchev–Trinajstić information content (AvgIpc) is 2.44. The minimum absolute atomic E-state index is 0.0146. The van der Waals surface area contributed by atoms with Gasteiger partial charge in [0.25, 0.3) is 0 Å². The highest BCUT2D eigenvalue weighted by Crippen LogP contribution is 2.09. The molecule has 0 spiro atoms. The molecule has 0 aromatic rings. The Hall–Kier alpha value is -2.32. The van der Waals surface area contributed by atoms with E-state index in [-0.39, 0.29) is 25.2 Å². The highest BCUT2D eigenvalue weighted by molar-refractivity contribution is 5.86. The average molecular weight is 374 g/mol. The zero-order valence-electron chi connectivity index (χ0n) is 16.6. The summed E-state index contributed by atoms with van der Waals surface area (Å²) in [5.74, 6) is -1.01. The van der Waals surface area contributed by atoms with Gasteiger partial charge in [-0.1, -0.05) is 0 Å². The summed E-state index contributed by atoms with van der Waals surface area (Å²) in [6, 6.07) is -1.03. The first-order chi connectivity index (χ1) is 11.7. The number of Topliss-reactive ketones (excluding diaryl/α,β-unsaturated/α-hetero) is 1. The molecule has 0 aromatic carbocycles. The Morgan fingerprint density at radius 1 is 0.885 bits per heavy atom. The second kappa shape index (κ2) is 9.98. The van der Waals surface area contributed by atoms with Gasteiger partial charge >= 0.3 is 18.2 Å². The molecule has 0 saturated heterocycles. The molecule has 0 aliphatic heterocycles. The maximum Gasteiger partial charge on any atom is 0.408 e. The molecule has 2 amide bonds. The fraction of sp³-hybridized carbons (Fsp3) is 0.765. The van der Waals surface area contributed by atoms with Gasteiger partial charge in [0.15, 0.2) is 5.78 Å². The predicted octanol–water partition coefficient (Wildman–Crippen LogP) is 1.93. The molecular formula is C17H30N2O7. The van der Waals surface area contributed by atoms with Crippen LogP contribution >= 0.6 is 0 Å². The van der Waals surface area contributed by atoms with Gasteiger partial charge in [-0.15, -0.1) is 0 Å². The van der Waals surface area contributed by atoms with Gasteiger partial charge in [-0.3, -0.25) is 4.79 Å². The first-order valence-corrected chi connectivity index (χ1v) is 8.29. The second-order valence-electron chi connectivity index (χ2n) is 7.65. The van der Waals surface area contributed by atoms with Gasteiger partial charge in [0.2, 0.25) is 0 Å². The molecule has 0 saturated carbocycles. The molecule has 0 aromatic heterocycles. The minimum Gasteiger partial charge on any atom is -0.467 e. The summed E-state index contributed by atoms with van der Waals surface area (Å²) in [5, 5.41) is 4.71. The number of alkyl carbamates (subject to hydrolysis) is 2. The number of amides is 2. The van der Waals surface area contributed by atoms with E-state index >= 15 is 0 Å². The quantitative estimate of drug-likeness (QED) is 0.516. The van der Waals surface area contributed by atoms with Crippen molar-refractivity contribution in [3.63, 3.8) is 0 Å². The van der Waals surface area contributed by atoms with Gasteiger partial charge in [0.05, 0.1) is 13.7 Å². The first kappa shape index (κ1) is 23.7. The Morgan fingerprint density at radius 2 is 1.38 bits per heavy atom. The molecule has 2 N–H and O–H groups in total. The first-order valence-electron chi connectivity index (χ1n) is 8.29. The van der Waals surface area contributed by atoms with Crippen molar-refractivity contribution in [2.75, 3.05) is 13.7 Å². The molecule has 26 heavy (non-hydrogen) atoms. The van der Waals surface area contributed by atoms with Crippen molar-refractivity contribution in [1.82, 2.24) is 10.6 Å². The van der Waals surface area contributed by atoms with E-state index in [2.05, 4.69) is 15.4 Å². The van der Waals surface area contributed by atoms with Gasteiger partial charge in [-0.2, -0.15) is 0 Å². The van der Waals surface area contributed by atoms with Crippen LogP contribution in [0.1, 0.15) is 54.4 Å². The number of hydrogen-bond donors (Lipinski definition) is 2. The number of nitrogens with one attached hydrogen (secondary N) is 2. The van der Waals surface area contributed by atoms with Gasteiger partial charge in [0, 0.05) is 6.42 Å². The van der Waals surface area contributed by atoms with Crippen molar-refractivity contribution in [2.45, 2.75) is 71.6 Å². The lowest BCUT2D eigenvalue weighted by atomic mass is 10.1. The number of rotatable bonds is 7. The van der Waals surface area contributed by atoms with Crippen molar-refractivity contribution < 1.29 is 33.4 Å². The maximum atomic E-state index is 11.9. The molecule has 9 nitrogen and oxygen atoms in total. The normalized spacial score (nSPS) is 12.6. The van der Waals surface area contributed by atoms with E-state index in [1.54, 1.807) is 41.5 Å². The molecule has 1 atom stereocenters. The predicted molar refractivity (Wildman–Crippen MR) is 93.7 cm³/mol. The van der Waals surface area contributed by atoms with E-state index in [4.69, 9.17) is 9.47 Å². The highest BCUT2D eigenvalue weighted by Gasteiger charge is 2.25. The number of carbonyl (C=O) groups is 4. The number of hydrogen-bond acceptors (Lipinski definition) is 7. The summed E-state index contributed by atoms with van der Waals surface area (Å²) >= 11 is 0. The lowest BCUT2D eigenvalue weighted by Gasteiger charge is -2.22. The number of esters is 1. The number of ether oxygens (including phenoxy) is 3. The van der Waals surface area contributed by atoms with E-state index in [0.717, 1.165) is 0 Å². The van der Waals surface area contributed by atoms with Crippen LogP contribution in [-0.4, -0.2) is 54.8 Å². The van der Waals surface area contributed by atoms with Gasteiger partial charge < -0.3 is 24.8 Å². The zero-order valence-corrected chi connectivity index (χ0v) is 16.6. The Kier molecular flexibility index (Phi) is 9.09. The lowest BCUT2D eigenvalue weighted by molar-refractivity contribution is -0.143. The summed E-state index contributed by atoms with van der Waals surface area (Å²) < 4.78 is 14.7. The van der Waals surface area contributed by atoms with E-state index in [1.807, 2.05) is 0 Å². The Morgan fingerprint density at radius 3 is 1.85 bits per heavy atom. The summed E-state index contributed by atoms with van der Waals surface area (Å²) in [6.07, 6.45) is -1.53. The Labute approximate surface area is 154 Å². The molecule has 0 radical (unpaired) electrons. The molecule has 0 aliphatic carbocycles. The summed E-state index contributed by atoms with van der Waals surface area (Å²) in [5.41, 5.74) is -1.39. The van der Waals surface area contributed by atoms with Crippen LogP contribution in [0.5, 0.6) is 0 Å². The van der Waals surface area contributed by atoms with E-state index in [9.17, 15) is 19.2 Å².